The highest BCUT2D eigenvalue weighted by molar-refractivity contribution is 6.39. The largest absolute Gasteiger partial charge is 0.493 e. The first-order valence-corrected chi connectivity index (χ1v) is 9.41. The molecule has 0 radical (unpaired) electrons. The number of carbonyl (C=O) groups is 4. The van der Waals surface area contributed by atoms with Gasteiger partial charge in [-0.3, -0.25) is 14.9 Å². The highest BCUT2D eigenvalue weighted by Gasteiger charge is 2.36. The van der Waals surface area contributed by atoms with Crippen molar-refractivity contribution in [3.8, 4) is 11.5 Å². The summed E-state index contributed by atoms with van der Waals surface area (Å²) in [5.74, 6) is -1.84. The minimum absolute atomic E-state index is 0.00191. The number of amides is 4. The van der Waals surface area contributed by atoms with E-state index >= 15 is 0 Å². The number of nitrogens with zero attached hydrogens (tertiary/aromatic N) is 1. The number of ether oxygens (including phenoxy) is 2. The van der Waals surface area contributed by atoms with Gasteiger partial charge in [0.2, 0.25) is 0 Å². The number of carboxylic acids is 1. The van der Waals surface area contributed by atoms with E-state index < -0.39 is 23.8 Å². The van der Waals surface area contributed by atoms with Crippen molar-refractivity contribution in [2.75, 3.05) is 18.6 Å². The van der Waals surface area contributed by atoms with Crippen LogP contribution in [0.15, 0.2) is 48.0 Å². The Labute approximate surface area is 177 Å². The van der Waals surface area contributed by atoms with Crippen molar-refractivity contribution in [3.05, 3.63) is 59.2 Å². The van der Waals surface area contributed by atoms with E-state index in [0.29, 0.717) is 23.7 Å². The van der Waals surface area contributed by atoms with E-state index in [4.69, 9.17) is 14.6 Å². The second-order valence-electron chi connectivity index (χ2n) is 6.57. The van der Waals surface area contributed by atoms with E-state index in [-0.39, 0.29) is 16.8 Å². The molecule has 2 aromatic carbocycles. The average Bonchev–Trinajstić information content (AvgIpc) is 2.75. The highest BCUT2D eigenvalue weighted by Crippen LogP contribution is 2.30. The Morgan fingerprint density at radius 1 is 1.10 bits per heavy atom. The van der Waals surface area contributed by atoms with Crippen molar-refractivity contribution in [2.45, 2.75) is 13.3 Å². The van der Waals surface area contributed by atoms with Gasteiger partial charge in [-0.15, -0.1) is 0 Å². The molecule has 0 bridgehead atoms. The molecule has 9 nitrogen and oxygen atoms in total. The van der Waals surface area contributed by atoms with Gasteiger partial charge in [0.25, 0.3) is 11.8 Å². The number of imide groups is 2. The van der Waals surface area contributed by atoms with Crippen molar-refractivity contribution < 1.29 is 33.8 Å². The summed E-state index contributed by atoms with van der Waals surface area (Å²) in [6.07, 6.45) is 2.16. The first kappa shape index (κ1) is 21.6. The third-order valence-corrected chi connectivity index (χ3v) is 4.43. The molecule has 3 rings (SSSR count). The van der Waals surface area contributed by atoms with Gasteiger partial charge in [-0.25, -0.2) is 14.5 Å². The minimum atomic E-state index is -1.14. The second-order valence-corrected chi connectivity index (χ2v) is 6.57. The van der Waals surface area contributed by atoms with E-state index in [1.54, 1.807) is 18.2 Å². The maximum absolute atomic E-state index is 12.9. The molecule has 2 N–H and O–H groups in total. The van der Waals surface area contributed by atoms with Crippen molar-refractivity contribution in [3.63, 3.8) is 0 Å². The van der Waals surface area contributed by atoms with E-state index in [0.717, 1.165) is 11.3 Å². The van der Waals surface area contributed by atoms with Gasteiger partial charge >= 0.3 is 12.0 Å². The number of carbonyl (C=O) groups excluding carboxylic acids is 3. The maximum Gasteiger partial charge on any atom is 0.335 e. The number of urea groups is 1. The number of barbiturate groups is 1. The third-order valence-electron chi connectivity index (χ3n) is 4.43. The Bertz CT molecular complexity index is 1070. The van der Waals surface area contributed by atoms with Gasteiger partial charge in [0.15, 0.2) is 11.5 Å². The zero-order valence-electron chi connectivity index (χ0n) is 16.9. The standard InChI is InChI=1S/C22H20N2O7/c1-3-10-31-17-9-4-13(12-18(17)30-2)11-16-19(25)23-22(29)24(20(16)26)15-7-5-14(6-8-15)21(27)28/h4-9,11-12H,3,10H2,1-2H3,(H,27,28)(H,23,25,29). The van der Waals surface area contributed by atoms with Gasteiger partial charge in [-0.1, -0.05) is 13.0 Å². The van der Waals surface area contributed by atoms with Crippen LogP contribution in [0, 0.1) is 0 Å². The number of anilines is 1. The Morgan fingerprint density at radius 3 is 2.42 bits per heavy atom. The first-order chi connectivity index (χ1) is 14.8. The monoisotopic (exact) mass is 424 g/mol. The fourth-order valence-corrected chi connectivity index (χ4v) is 2.92. The number of aromatic carboxylic acids is 1. The van der Waals surface area contributed by atoms with Crippen molar-refractivity contribution in [1.82, 2.24) is 5.32 Å². The van der Waals surface area contributed by atoms with Gasteiger partial charge in [-0.2, -0.15) is 0 Å². The Morgan fingerprint density at radius 2 is 1.81 bits per heavy atom. The molecule has 0 unspecified atom stereocenters. The van der Waals surface area contributed by atoms with Crippen LogP contribution in [-0.4, -0.2) is 42.6 Å². The molecule has 0 saturated carbocycles. The fraction of sp³-hybridized carbons (Fsp3) is 0.182. The van der Waals surface area contributed by atoms with Crippen LogP contribution in [-0.2, 0) is 9.59 Å². The molecule has 1 fully saturated rings. The summed E-state index contributed by atoms with van der Waals surface area (Å²) in [6.45, 7) is 2.48. The zero-order valence-corrected chi connectivity index (χ0v) is 16.9. The molecule has 31 heavy (non-hydrogen) atoms. The van der Waals surface area contributed by atoms with Crippen LogP contribution < -0.4 is 19.7 Å². The summed E-state index contributed by atoms with van der Waals surface area (Å²) in [5, 5.41) is 11.1. The number of nitrogens with one attached hydrogen (secondary N) is 1. The molecule has 0 aliphatic carbocycles. The lowest BCUT2D eigenvalue weighted by atomic mass is 10.1. The van der Waals surface area contributed by atoms with Crippen LogP contribution in [0.5, 0.6) is 11.5 Å². The molecule has 1 aliphatic rings. The average molecular weight is 424 g/mol. The van der Waals surface area contributed by atoms with Crippen LogP contribution in [0.25, 0.3) is 6.08 Å². The molecule has 1 heterocycles. The normalized spacial score (nSPS) is 15.1. The highest BCUT2D eigenvalue weighted by atomic mass is 16.5. The van der Waals surface area contributed by atoms with Gasteiger partial charge < -0.3 is 14.6 Å². The van der Waals surface area contributed by atoms with Crippen LogP contribution in [0.1, 0.15) is 29.3 Å². The summed E-state index contributed by atoms with van der Waals surface area (Å²) in [6, 6.07) is 9.17. The Balaban J connectivity index is 1.94. The molecule has 1 saturated heterocycles. The minimum Gasteiger partial charge on any atom is -0.493 e. The topological polar surface area (TPSA) is 122 Å². The Hall–Kier alpha value is -4.14. The summed E-state index contributed by atoms with van der Waals surface area (Å²) >= 11 is 0. The zero-order chi connectivity index (χ0) is 22.5. The van der Waals surface area contributed by atoms with Crippen LogP contribution in [0.3, 0.4) is 0 Å². The molecule has 1 aliphatic heterocycles. The van der Waals surface area contributed by atoms with Crippen molar-refractivity contribution in [2.24, 2.45) is 0 Å². The Kier molecular flexibility index (Phi) is 6.35. The number of benzene rings is 2. The predicted octanol–water partition coefficient (Wildman–Crippen LogP) is 2.85. The number of hydrogen-bond acceptors (Lipinski definition) is 6. The van der Waals surface area contributed by atoms with E-state index in [9.17, 15) is 19.2 Å². The van der Waals surface area contributed by atoms with E-state index in [2.05, 4.69) is 5.32 Å². The van der Waals surface area contributed by atoms with Gasteiger partial charge in [-0.05, 0) is 54.5 Å². The van der Waals surface area contributed by atoms with Crippen LogP contribution in [0.4, 0.5) is 10.5 Å². The molecule has 0 atom stereocenters. The third kappa shape index (κ3) is 4.55. The van der Waals surface area contributed by atoms with Gasteiger partial charge in [0.05, 0.1) is 25.0 Å². The quantitative estimate of drug-likeness (QED) is 0.518. The SMILES string of the molecule is CCCOc1ccc(C=C2C(=O)NC(=O)N(c3ccc(C(=O)O)cc3)C2=O)cc1OC. The number of methoxy groups -OCH3 is 1. The fourth-order valence-electron chi connectivity index (χ4n) is 2.92. The molecular formula is C22H20N2O7. The summed E-state index contributed by atoms with van der Waals surface area (Å²) < 4.78 is 10.9. The first-order valence-electron chi connectivity index (χ1n) is 9.41. The molecule has 0 aromatic heterocycles. The molecule has 160 valence electrons. The van der Waals surface area contributed by atoms with Crippen molar-refractivity contribution in [1.29, 1.82) is 0 Å². The van der Waals surface area contributed by atoms with Gasteiger partial charge in [0.1, 0.15) is 5.57 Å². The van der Waals surface area contributed by atoms with Crippen LogP contribution >= 0.6 is 0 Å². The van der Waals surface area contributed by atoms with E-state index in [1.807, 2.05) is 6.92 Å². The van der Waals surface area contributed by atoms with Crippen LogP contribution in [0.2, 0.25) is 0 Å². The lowest BCUT2D eigenvalue weighted by molar-refractivity contribution is -0.122. The summed E-state index contributed by atoms with van der Waals surface area (Å²) in [7, 11) is 1.48. The smallest absolute Gasteiger partial charge is 0.335 e. The lowest BCUT2D eigenvalue weighted by Crippen LogP contribution is -2.54. The summed E-state index contributed by atoms with van der Waals surface area (Å²) in [4.78, 5) is 49.3. The second kappa shape index (κ2) is 9.12. The molecule has 4 amide bonds. The predicted molar refractivity (Wildman–Crippen MR) is 111 cm³/mol. The van der Waals surface area contributed by atoms with Crippen molar-refractivity contribution >= 4 is 35.6 Å². The van der Waals surface area contributed by atoms with E-state index in [1.165, 1.54) is 37.5 Å². The summed E-state index contributed by atoms with van der Waals surface area (Å²) in [5.41, 5.74) is 0.366. The number of carboxylic acid groups (broad SMARTS) is 1. The number of rotatable bonds is 7. The molecule has 0 spiro atoms. The lowest BCUT2D eigenvalue weighted by Gasteiger charge is -2.26. The molecular weight excluding hydrogens is 404 g/mol. The van der Waals surface area contributed by atoms with Gasteiger partial charge in [0, 0.05) is 0 Å². The number of hydrogen-bond donors (Lipinski definition) is 2. The maximum atomic E-state index is 12.9. The molecule has 2 aromatic rings. The molecule has 9 heteroatoms.